The van der Waals surface area contributed by atoms with Gasteiger partial charge in [-0.25, -0.2) is 0 Å². The van der Waals surface area contributed by atoms with E-state index in [1.165, 1.54) is 31.3 Å². The van der Waals surface area contributed by atoms with Crippen molar-refractivity contribution >= 4 is 15.9 Å². The van der Waals surface area contributed by atoms with E-state index in [1.807, 2.05) is 0 Å². The van der Waals surface area contributed by atoms with E-state index in [2.05, 4.69) is 5.32 Å². The molecule has 0 amide bonds. The first-order chi connectivity index (χ1) is 7.36. The number of phenols is 1. The molecule has 0 fully saturated rings. The van der Waals surface area contributed by atoms with Crippen LogP contribution in [0.5, 0.6) is 5.75 Å². The van der Waals surface area contributed by atoms with Crippen molar-refractivity contribution in [3.63, 3.8) is 0 Å². The van der Waals surface area contributed by atoms with Crippen molar-refractivity contribution in [2.45, 2.75) is 5.37 Å². The van der Waals surface area contributed by atoms with Crippen LogP contribution in [0.15, 0.2) is 24.3 Å². The number of aromatic hydroxyl groups is 1. The lowest BCUT2D eigenvalue weighted by Crippen LogP contribution is -2.41. The molecule has 0 aliphatic heterocycles. The van der Waals surface area contributed by atoms with Gasteiger partial charge in [-0.3, -0.25) is 14.7 Å². The Balaban J connectivity index is 3.06. The summed E-state index contributed by atoms with van der Waals surface area (Å²) >= 11 is 0. The first kappa shape index (κ1) is 12.6. The minimum absolute atomic E-state index is 0.0376. The Labute approximate surface area is 92.7 Å². The third kappa shape index (κ3) is 2.78. The molecule has 1 unspecified atom stereocenters. The summed E-state index contributed by atoms with van der Waals surface area (Å²) in [6.45, 7) is 0. The van der Waals surface area contributed by atoms with Crippen LogP contribution >= 0.6 is 0 Å². The summed E-state index contributed by atoms with van der Waals surface area (Å²) in [6.07, 6.45) is 0. The second-order valence-electron chi connectivity index (χ2n) is 3.09. The van der Waals surface area contributed by atoms with Gasteiger partial charge < -0.3 is 5.11 Å². The summed E-state index contributed by atoms with van der Waals surface area (Å²) in [5, 5.41) is 9.51. The molecule has 6 nitrogen and oxygen atoms in total. The fourth-order valence-corrected chi connectivity index (χ4v) is 1.90. The molecule has 0 radical (unpaired) electrons. The quantitative estimate of drug-likeness (QED) is 0.510. The van der Waals surface area contributed by atoms with E-state index in [4.69, 9.17) is 9.66 Å². The van der Waals surface area contributed by atoms with Crippen LogP contribution < -0.4 is 5.32 Å². The Morgan fingerprint density at radius 3 is 2.19 bits per heavy atom. The number of likely N-dealkylation sites (N-methyl/N-ethyl adjacent to an activating group) is 1. The molecule has 1 aromatic carbocycles. The number of rotatable bonds is 4. The van der Waals surface area contributed by atoms with Gasteiger partial charge in [0.05, 0.1) is 0 Å². The van der Waals surface area contributed by atoms with Gasteiger partial charge in [0.2, 0.25) is 0 Å². The maximum absolute atomic E-state index is 11.7. The number of hydrogen-bond acceptors (Lipinski definition) is 5. The molecule has 7 heteroatoms. The van der Waals surface area contributed by atoms with E-state index in [9.17, 15) is 13.2 Å². The van der Waals surface area contributed by atoms with Crippen molar-refractivity contribution < 1.29 is 22.9 Å². The van der Waals surface area contributed by atoms with E-state index in [0.29, 0.717) is 0 Å². The van der Waals surface area contributed by atoms with Crippen LogP contribution in [-0.2, 0) is 10.1 Å². The van der Waals surface area contributed by atoms with Crippen LogP contribution in [0.3, 0.4) is 0 Å². The Morgan fingerprint density at radius 1 is 1.31 bits per heavy atom. The largest absolute Gasteiger partial charge is 0.508 e. The smallest absolute Gasteiger partial charge is 0.288 e. The van der Waals surface area contributed by atoms with Crippen LogP contribution in [0.25, 0.3) is 0 Å². The van der Waals surface area contributed by atoms with Gasteiger partial charge in [-0.05, 0) is 31.3 Å². The number of nitrogens with one attached hydrogen (secondary N) is 1. The highest BCUT2D eigenvalue weighted by molar-refractivity contribution is 7.87. The van der Waals surface area contributed by atoms with Crippen molar-refractivity contribution in [1.29, 1.82) is 0 Å². The minimum atomic E-state index is -4.50. The summed E-state index contributed by atoms with van der Waals surface area (Å²) in [7, 11) is -3.25. The molecule has 16 heavy (non-hydrogen) atoms. The van der Waals surface area contributed by atoms with Gasteiger partial charge in [-0.1, -0.05) is 0 Å². The molecule has 0 saturated carbocycles. The lowest BCUT2D eigenvalue weighted by molar-refractivity contribution is 0.0975. The van der Waals surface area contributed by atoms with Crippen molar-refractivity contribution in [2.24, 2.45) is 0 Å². The van der Waals surface area contributed by atoms with Gasteiger partial charge in [0.25, 0.3) is 10.1 Å². The zero-order chi connectivity index (χ0) is 12.3. The van der Waals surface area contributed by atoms with Crippen LogP contribution in [0.4, 0.5) is 0 Å². The van der Waals surface area contributed by atoms with Gasteiger partial charge in [0.1, 0.15) is 5.75 Å². The lowest BCUT2D eigenvalue weighted by Gasteiger charge is -2.11. The van der Waals surface area contributed by atoms with Gasteiger partial charge >= 0.3 is 0 Å². The van der Waals surface area contributed by atoms with Crippen LogP contribution in [0.2, 0.25) is 0 Å². The lowest BCUT2D eigenvalue weighted by atomic mass is 10.1. The molecule has 0 aliphatic carbocycles. The van der Waals surface area contributed by atoms with Crippen molar-refractivity contribution in [2.75, 3.05) is 7.05 Å². The normalized spacial score (nSPS) is 13.4. The standard InChI is InChI=1S/C9H11NO5S/c1-10-9(16(13,14)15)8(12)6-2-4-7(11)5-3-6/h2-5,9-11H,1H3,(H,13,14,15). The molecule has 0 bridgehead atoms. The molecule has 1 rings (SSSR count). The topological polar surface area (TPSA) is 104 Å². The molecular weight excluding hydrogens is 234 g/mol. The van der Waals surface area contributed by atoms with Gasteiger partial charge in [0, 0.05) is 5.56 Å². The minimum Gasteiger partial charge on any atom is -0.508 e. The van der Waals surface area contributed by atoms with Gasteiger partial charge in [0.15, 0.2) is 11.2 Å². The van der Waals surface area contributed by atoms with Crippen LogP contribution in [0, 0.1) is 0 Å². The summed E-state index contributed by atoms with van der Waals surface area (Å²) in [5.41, 5.74) is 0.0785. The second-order valence-corrected chi connectivity index (χ2v) is 4.60. The number of carbonyl (C=O) groups is 1. The van der Waals surface area contributed by atoms with E-state index in [1.54, 1.807) is 0 Å². The van der Waals surface area contributed by atoms with Crippen LogP contribution in [0.1, 0.15) is 10.4 Å². The average Bonchev–Trinajstić information content (AvgIpc) is 2.17. The summed E-state index contributed by atoms with van der Waals surface area (Å²) in [6, 6.07) is 5.05. The molecule has 0 saturated heterocycles. The number of Topliss-reactive ketones (excluding diaryl/α,β-unsaturated/α-hetero) is 1. The van der Waals surface area contributed by atoms with Gasteiger partial charge in [-0.15, -0.1) is 0 Å². The van der Waals surface area contributed by atoms with E-state index in [0.717, 1.165) is 0 Å². The predicted octanol–water partition coefficient (Wildman–Crippen LogP) is 0.00820. The highest BCUT2D eigenvalue weighted by atomic mass is 32.2. The monoisotopic (exact) mass is 245 g/mol. The third-order valence-electron chi connectivity index (χ3n) is 1.95. The Morgan fingerprint density at radius 2 is 1.81 bits per heavy atom. The molecule has 1 aromatic rings. The van der Waals surface area contributed by atoms with Crippen molar-refractivity contribution in [1.82, 2.24) is 5.32 Å². The SMILES string of the molecule is CNC(C(=O)c1ccc(O)cc1)S(=O)(=O)O. The molecule has 3 N–H and O–H groups in total. The Kier molecular flexibility index (Phi) is 3.63. The molecule has 0 aliphatic rings. The highest BCUT2D eigenvalue weighted by Crippen LogP contribution is 2.12. The molecule has 0 aromatic heterocycles. The zero-order valence-electron chi connectivity index (χ0n) is 8.41. The van der Waals surface area contributed by atoms with Gasteiger partial charge in [-0.2, -0.15) is 8.42 Å². The molecule has 0 heterocycles. The third-order valence-corrected chi connectivity index (χ3v) is 3.00. The number of carbonyl (C=O) groups excluding carboxylic acids is 1. The maximum atomic E-state index is 11.7. The Hall–Kier alpha value is -1.44. The zero-order valence-corrected chi connectivity index (χ0v) is 9.23. The average molecular weight is 245 g/mol. The van der Waals surface area contributed by atoms with Crippen LogP contribution in [-0.4, -0.2) is 36.3 Å². The van der Waals surface area contributed by atoms with E-state index >= 15 is 0 Å². The summed E-state index contributed by atoms with van der Waals surface area (Å²) < 4.78 is 30.5. The highest BCUT2D eigenvalue weighted by Gasteiger charge is 2.29. The van der Waals surface area contributed by atoms with Crippen molar-refractivity contribution in [3.8, 4) is 5.75 Å². The number of phenolic OH excluding ortho intramolecular Hbond substituents is 1. The second kappa shape index (κ2) is 4.60. The molecule has 88 valence electrons. The van der Waals surface area contributed by atoms with E-state index < -0.39 is 21.3 Å². The first-order valence-electron chi connectivity index (χ1n) is 4.33. The Bertz CT molecular complexity index is 479. The summed E-state index contributed by atoms with van der Waals surface area (Å²) in [5.74, 6) is -0.825. The fraction of sp³-hybridized carbons (Fsp3) is 0.222. The molecule has 0 spiro atoms. The number of ketones is 1. The summed E-state index contributed by atoms with van der Waals surface area (Å²) in [4.78, 5) is 11.7. The van der Waals surface area contributed by atoms with Crippen molar-refractivity contribution in [3.05, 3.63) is 29.8 Å². The number of benzene rings is 1. The van der Waals surface area contributed by atoms with E-state index in [-0.39, 0.29) is 11.3 Å². The first-order valence-corrected chi connectivity index (χ1v) is 5.83. The molecule has 1 atom stereocenters. The molecular formula is C9H11NO5S. The fourth-order valence-electron chi connectivity index (χ4n) is 1.19. The number of hydrogen-bond donors (Lipinski definition) is 3. The predicted molar refractivity (Wildman–Crippen MR) is 56.8 cm³/mol. The maximum Gasteiger partial charge on any atom is 0.288 e.